The van der Waals surface area contributed by atoms with Crippen molar-refractivity contribution in [1.29, 1.82) is 0 Å². The third-order valence-corrected chi connectivity index (χ3v) is 6.86. The van der Waals surface area contributed by atoms with E-state index in [0.29, 0.717) is 13.0 Å². The number of amides is 1. The van der Waals surface area contributed by atoms with Gasteiger partial charge in [0.25, 0.3) is 0 Å². The highest BCUT2D eigenvalue weighted by Gasteiger charge is 2.20. The van der Waals surface area contributed by atoms with Crippen molar-refractivity contribution in [3.8, 4) is 22.4 Å². The van der Waals surface area contributed by atoms with Crippen molar-refractivity contribution in [2.45, 2.75) is 13.0 Å². The van der Waals surface area contributed by atoms with Crippen LogP contribution < -0.4 is 5.43 Å². The van der Waals surface area contributed by atoms with Crippen molar-refractivity contribution in [3.05, 3.63) is 133 Å². The minimum atomic E-state index is -0.125. The molecule has 5 aromatic carbocycles. The molecule has 4 heteroatoms. The number of carbonyl (C=O) groups excluding carboxylic acids is 1. The summed E-state index contributed by atoms with van der Waals surface area (Å²) in [6.45, 7) is 0.535. The molecule has 0 aliphatic rings. The molecule has 1 N–H and O–H groups in total. The number of fused-ring (bicyclic) bond motifs is 2. The van der Waals surface area contributed by atoms with E-state index in [9.17, 15) is 4.79 Å². The zero-order valence-electron chi connectivity index (χ0n) is 20.9. The van der Waals surface area contributed by atoms with Crippen LogP contribution in [0.15, 0.2) is 132 Å². The predicted molar refractivity (Wildman–Crippen MR) is 157 cm³/mol. The second-order valence-corrected chi connectivity index (χ2v) is 9.24. The number of aryl methyl sites for hydroxylation is 1. The first-order valence-corrected chi connectivity index (χ1v) is 12.8. The lowest BCUT2D eigenvalue weighted by molar-refractivity contribution is -0.121. The van der Waals surface area contributed by atoms with Gasteiger partial charge in [-0.1, -0.05) is 121 Å². The summed E-state index contributed by atoms with van der Waals surface area (Å²) in [5.74, 6) is -0.125. The summed E-state index contributed by atoms with van der Waals surface area (Å²) < 4.78 is 2.26. The van der Waals surface area contributed by atoms with Crippen LogP contribution in [0.2, 0.25) is 0 Å². The van der Waals surface area contributed by atoms with Gasteiger partial charge in [-0.15, -0.1) is 0 Å². The average molecular weight is 494 g/mol. The van der Waals surface area contributed by atoms with E-state index in [1.807, 2.05) is 36.4 Å². The maximum absolute atomic E-state index is 12.9. The van der Waals surface area contributed by atoms with Crippen LogP contribution in [0.4, 0.5) is 0 Å². The third-order valence-electron chi connectivity index (χ3n) is 6.86. The molecule has 0 atom stereocenters. The monoisotopic (exact) mass is 493 g/mol. The van der Waals surface area contributed by atoms with Gasteiger partial charge >= 0.3 is 0 Å². The Morgan fingerprint density at radius 1 is 0.684 bits per heavy atom. The first kappa shape index (κ1) is 23.4. The van der Waals surface area contributed by atoms with Crippen molar-refractivity contribution in [3.63, 3.8) is 0 Å². The smallest absolute Gasteiger partial charge is 0.241 e. The highest BCUT2D eigenvalue weighted by atomic mass is 16.2. The quantitative estimate of drug-likeness (QED) is 0.180. The molecule has 0 aliphatic carbocycles. The van der Waals surface area contributed by atoms with Crippen molar-refractivity contribution in [2.24, 2.45) is 5.10 Å². The van der Waals surface area contributed by atoms with E-state index in [-0.39, 0.29) is 5.91 Å². The summed E-state index contributed by atoms with van der Waals surface area (Å²) >= 11 is 0. The molecule has 0 saturated carbocycles. The van der Waals surface area contributed by atoms with E-state index in [2.05, 4.69) is 106 Å². The molecule has 38 heavy (non-hydrogen) atoms. The van der Waals surface area contributed by atoms with E-state index >= 15 is 0 Å². The molecule has 1 heterocycles. The Hall–Kier alpha value is -4.96. The molecular weight excluding hydrogens is 466 g/mol. The molecule has 0 fully saturated rings. The van der Waals surface area contributed by atoms with Gasteiger partial charge in [-0.2, -0.15) is 5.10 Å². The molecule has 0 aliphatic heterocycles. The Kier molecular flexibility index (Phi) is 6.52. The van der Waals surface area contributed by atoms with Gasteiger partial charge in [0, 0.05) is 35.0 Å². The standard InChI is InChI=1S/C34H27N3O/c38-32(36-35-24-28-18-11-17-25-12-7-8-19-29(25)28)22-23-37-31-21-10-9-20-30(31)33(26-13-3-1-4-14-26)34(37)27-15-5-2-6-16-27/h1-21,24H,22-23H2,(H,36,38). The fraction of sp³-hybridized carbons (Fsp3) is 0.0588. The summed E-state index contributed by atoms with van der Waals surface area (Å²) in [7, 11) is 0. The second-order valence-electron chi connectivity index (χ2n) is 9.24. The molecule has 0 radical (unpaired) electrons. The number of nitrogens with zero attached hydrogens (tertiary/aromatic N) is 2. The molecule has 1 aromatic heterocycles. The minimum Gasteiger partial charge on any atom is -0.339 e. The lowest BCUT2D eigenvalue weighted by atomic mass is 9.98. The number of hydrazone groups is 1. The number of hydrogen-bond donors (Lipinski definition) is 1. The number of carbonyl (C=O) groups is 1. The number of para-hydroxylation sites is 1. The van der Waals surface area contributed by atoms with Crippen molar-refractivity contribution >= 4 is 33.8 Å². The molecule has 0 bridgehead atoms. The molecule has 6 rings (SSSR count). The van der Waals surface area contributed by atoms with Crippen LogP contribution >= 0.6 is 0 Å². The Bertz CT molecular complexity index is 1750. The molecule has 1 amide bonds. The number of hydrogen-bond acceptors (Lipinski definition) is 2. The van der Waals surface area contributed by atoms with E-state index in [1.165, 1.54) is 10.9 Å². The van der Waals surface area contributed by atoms with Crippen LogP contribution in [0.3, 0.4) is 0 Å². The molecule has 0 unspecified atom stereocenters. The summed E-state index contributed by atoms with van der Waals surface area (Å²) in [5, 5.41) is 7.69. The minimum absolute atomic E-state index is 0.125. The van der Waals surface area contributed by atoms with Crippen LogP contribution in [0, 0.1) is 0 Å². The van der Waals surface area contributed by atoms with E-state index in [1.54, 1.807) is 6.21 Å². The van der Waals surface area contributed by atoms with Gasteiger partial charge in [0.05, 0.1) is 11.9 Å². The first-order valence-electron chi connectivity index (χ1n) is 12.8. The molecular formula is C34H27N3O. The van der Waals surface area contributed by atoms with Crippen LogP contribution in [0.5, 0.6) is 0 Å². The zero-order valence-corrected chi connectivity index (χ0v) is 20.9. The summed E-state index contributed by atoms with van der Waals surface area (Å²) in [6, 6.07) is 43.5. The first-order chi connectivity index (χ1) is 18.8. The van der Waals surface area contributed by atoms with Gasteiger partial charge in [-0.3, -0.25) is 4.79 Å². The topological polar surface area (TPSA) is 46.4 Å². The normalized spacial score (nSPS) is 11.4. The SMILES string of the molecule is O=C(CCn1c(-c2ccccc2)c(-c2ccccc2)c2ccccc21)NN=Cc1cccc2ccccc12. The Balaban J connectivity index is 1.30. The van der Waals surface area contributed by atoms with Crippen LogP contribution in [-0.4, -0.2) is 16.7 Å². The lowest BCUT2D eigenvalue weighted by Gasteiger charge is -2.13. The summed E-state index contributed by atoms with van der Waals surface area (Å²) in [5.41, 5.74) is 9.39. The maximum Gasteiger partial charge on any atom is 0.241 e. The van der Waals surface area contributed by atoms with E-state index in [4.69, 9.17) is 0 Å². The van der Waals surface area contributed by atoms with E-state index in [0.717, 1.165) is 38.7 Å². The van der Waals surface area contributed by atoms with Gasteiger partial charge in [0.1, 0.15) is 0 Å². The Morgan fingerprint density at radius 3 is 2.11 bits per heavy atom. The fourth-order valence-corrected chi connectivity index (χ4v) is 5.13. The zero-order chi connectivity index (χ0) is 25.7. The van der Waals surface area contributed by atoms with Crippen LogP contribution in [0.1, 0.15) is 12.0 Å². The highest BCUT2D eigenvalue weighted by molar-refractivity contribution is 6.04. The van der Waals surface area contributed by atoms with Crippen molar-refractivity contribution < 1.29 is 4.79 Å². The lowest BCUT2D eigenvalue weighted by Crippen LogP contribution is -2.19. The van der Waals surface area contributed by atoms with Crippen molar-refractivity contribution in [1.82, 2.24) is 9.99 Å². The fourth-order valence-electron chi connectivity index (χ4n) is 5.13. The van der Waals surface area contributed by atoms with Crippen molar-refractivity contribution in [2.75, 3.05) is 0 Å². The number of rotatable bonds is 7. The highest BCUT2D eigenvalue weighted by Crippen LogP contribution is 2.40. The average Bonchev–Trinajstić information content (AvgIpc) is 3.31. The molecule has 4 nitrogen and oxygen atoms in total. The number of benzene rings is 5. The molecule has 0 saturated heterocycles. The summed E-state index contributed by atoms with van der Waals surface area (Å²) in [6.07, 6.45) is 2.02. The Morgan fingerprint density at radius 2 is 1.32 bits per heavy atom. The van der Waals surface area contributed by atoms with Gasteiger partial charge in [0.2, 0.25) is 5.91 Å². The third kappa shape index (κ3) is 4.60. The van der Waals surface area contributed by atoms with E-state index < -0.39 is 0 Å². The van der Waals surface area contributed by atoms with Gasteiger partial charge < -0.3 is 4.57 Å². The number of nitrogens with one attached hydrogen (secondary N) is 1. The van der Waals surface area contributed by atoms with Crippen LogP contribution in [-0.2, 0) is 11.3 Å². The Labute approximate surface area is 221 Å². The molecule has 6 aromatic rings. The molecule has 0 spiro atoms. The van der Waals surface area contributed by atoms with Gasteiger partial charge in [0.15, 0.2) is 0 Å². The summed E-state index contributed by atoms with van der Waals surface area (Å²) in [4.78, 5) is 12.9. The predicted octanol–water partition coefficient (Wildman–Crippen LogP) is 7.67. The number of aromatic nitrogens is 1. The maximum atomic E-state index is 12.9. The van der Waals surface area contributed by atoms with Crippen LogP contribution in [0.25, 0.3) is 44.1 Å². The molecule has 184 valence electrons. The van der Waals surface area contributed by atoms with Gasteiger partial charge in [-0.05, 0) is 28.0 Å². The second kappa shape index (κ2) is 10.6. The van der Waals surface area contributed by atoms with Gasteiger partial charge in [-0.25, -0.2) is 5.43 Å². The largest absolute Gasteiger partial charge is 0.339 e.